The first kappa shape index (κ1) is 12.9. The highest BCUT2D eigenvalue weighted by molar-refractivity contribution is 7.09. The molecule has 1 aromatic heterocycles. The molecule has 0 aliphatic carbocycles. The van der Waals surface area contributed by atoms with E-state index >= 15 is 0 Å². The number of hydrogen-bond donors (Lipinski definition) is 0. The van der Waals surface area contributed by atoms with Gasteiger partial charge in [0.2, 0.25) is 0 Å². The third kappa shape index (κ3) is 4.95. The predicted molar refractivity (Wildman–Crippen MR) is 71.1 cm³/mol. The molecule has 0 radical (unpaired) electrons. The molecule has 0 saturated carbocycles. The Hall–Kier alpha value is -0.123. The fraction of sp³-hybridized carbons (Fsp3) is 0.667. The second-order valence-corrected chi connectivity index (χ2v) is 10.0. The molecule has 0 aliphatic heterocycles. The zero-order valence-corrected chi connectivity index (χ0v) is 12.1. The molecule has 1 aromatic rings. The minimum absolute atomic E-state index is 0.747. The van der Waals surface area contributed by atoms with Gasteiger partial charge < -0.3 is 4.43 Å². The van der Waals surface area contributed by atoms with Gasteiger partial charge in [-0.05, 0) is 49.8 Å². The molecule has 1 rings (SSSR count). The normalized spacial score (nSPS) is 14.1. The minimum atomic E-state index is -1.40. The zero-order valence-electron chi connectivity index (χ0n) is 10.2. The standard InChI is InChI=1S/C12H22OSSi/c1-5-13-15(3,4)10-11(2)9-12-7-6-8-14-12/h6-8,11H,5,9-10H2,1-4H3. The zero-order chi connectivity index (χ0) is 11.3. The van der Waals surface area contributed by atoms with Crippen molar-refractivity contribution in [2.75, 3.05) is 6.61 Å². The molecule has 0 saturated heterocycles. The molecule has 1 unspecified atom stereocenters. The summed E-state index contributed by atoms with van der Waals surface area (Å²) in [7, 11) is -1.40. The highest BCUT2D eigenvalue weighted by atomic mass is 32.1. The molecule has 0 amide bonds. The van der Waals surface area contributed by atoms with Crippen molar-refractivity contribution < 1.29 is 4.43 Å². The van der Waals surface area contributed by atoms with E-state index in [-0.39, 0.29) is 0 Å². The van der Waals surface area contributed by atoms with Gasteiger partial charge in [0.25, 0.3) is 0 Å². The number of hydrogen-bond acceptors (Lipinski definition) is 2. The fourth-order valence-corrected chi connectivity index (χ4v) is 5.73. The van der Waals surface area contributed by atoms with E-state index in [2.05, 4.69) is 44.5 Å². The molecule has 0 bridgehead atoms. The quantitative estimate of drug-likeness (QED) is 0.680. The molecular formula is C12H22OSSi. The summed E-state index contributed by atoms with van der Waals surface area (Å²) in [6.07, 6.45) is 1.21. The molecule has 15 heavy (non-hydrogen) atoms. The van der Waals surface area contributed by atoms with Crippen LogP contribution in [0.3, 0.4) is 0 Å². The lowest BCUT2D eigenvalue weighted by atomic mass is 10.1. The van der Waals surface area contributed by atoms with Crippen molar-refractivity contribution in [3.63, 3.8) is 0 Å². The highest BCUT2D eigenvalue weighted by Crippen LogP contribution is 2.23. The van der Waals surface area contributed by atoms with Crippen LogP contribution in [0.25, 0.3) is 0 Å². The Morgan fingerprint density at radius 2 is 2.20 bits per heavy atom. The molecule has 0 aromatic carbocycles. The average Bonchev–Trinajstić information content (AvgIpc) is 2.54. The number of thiophene rings is 1. The summed E-state index contributed by atoms with van der Waals surface area (Å²) >= 11 is 1.87. The van der Waals surface area contributed by atoms with Crippen LogP contribution in [0.5, 0.6) is 0 Å². The van der Waals surface area contributed by atoms with Gasteiger partial charge in [0, 0.05) is 11.5 Å². The smallest absolute Gasteiger partial charge is 0.186 e. The largest absolute Gasteiger partial charge is 0.418 e. The lowest BCUT2D eigenvalue weighted by Gasteiger charge is -2.25. The van der Waals surface area contributed by atoms with Crippen molar-refractivity contribution in [2.24, 2.45) is 5.92 Å². The van der Waals surface area contributed by atoms with Crippen LogP contribution in [0.1, 0.15) is 18.7 Å². The average molecular weight is 242 g/mol. The van der Waals surface area contributed by atoms with Crippen molar-refractivity contribution in [3.8, 4) is 0 Å². The van der Waals surface area contributed by atoms with Gasteiger partial charge >= 0.3 is 0 Å². The maximum Gasteiger partial charge on any atom is 0.186 e. The first-order valence-corrected chi connectivity index (χ1v) is 9.69. The molecule has 1 nitrogen and oxygen atoms in total. The van der Waals surface area contributed by atoms with Crippen LogP contribution in [0.15, 0.2) is 17.5 Å². The third-order valence-electron chi connectivity index (χ3n) is 2.50. The Bertz CT molecular complexity index is 269. The first-order valence-electron chi connectivity index (χ1n) is 5.70. The molecule has 0 fully saturated rings. The topological polar surface area (TPSA) is 9.23 Å². The fourth-order valence-electron chi connectivity index (χ4n) is 2.13. The van der Waals surface area contributed by atoms with Crippen LogP contribution >= 0.6 is 11.3 Å². The Morgan fingerprint density at radius 3 is 2.73 bits per heavy atom. The minimum Gasteiger partial charge on any atom is -0.418 e. The maximum absolute atomic E-state index is 5.86. The summed E-state index contributed by atoms with van der Waals surface area (Å²) in [4.78, 5) is 1.50. The van der Waals surface area contributed by atoms with Gasteiger partial charge in [-0.1, -0.05) is 13.0 Å². The summed E-state index contributed by atoms with van der Waals surface area (Å²) in [6, 6.07) is 5.63. The van der Waals surface area contributed by atoms with E-state index in [0.29, 0.717) is 0 Å². The molecule has 0 N–H and O–H groups in total. The van der Waals surface area contributed by atoms with E-state index in [1.54, 1.807) is 0 Å². The predicted octanol–water partition coefficient (Wildman–Crippen LogP) is 4.17. The van der Waals surface area contributed by atoms with E-state index in [4.69, 9.17) is 4.43 Å². The van der Waals surface area contributed by atoms with E-state index < -0.39 is 8.32 Å². The highest BCUT2D eigenvalue weighted by Gasteiger charge is 2.24. The van der Waals surface area contributed by atoms with Gasteiger partial charge in [-0.3, -0.25) is 0 Å². The second-order valence-electron chi connectivity index (χ2n) is 4.79. The van der Waals surface area contributed by atoms with Crippen molar-refractivity contribution >= 4 is 19.7 Å². The van der Waals surface area contributed by atoms with Gasteiger partial charge in [-0.25, -0.2) is 0 Å². The third-order valence-corrected chi connectivity index (χ3v) is 6.15. The van der Waals surface area contributed by atoms with Crippen LogP contribution in [0.4, 0.5) is 0 Å². The van der Waals surface area contributed by atoms with E-state index in [1.807, 2.05) is 11.3 Å². The van der Waals surface area contributed by atoms with Crippen LogP contribution in [0, 0.1) is 5.92 Å². The van der Waals surface area contributed by atoms with Crippen LogP contribution in [0.2, 0.25) is 19.1 Å². The molecule has 1 heterocycles. The van der Waals surface area contributed by atoms with Crippen molar-refractivity contribution in [1.82, 2.24) is 0 Å². The SMILES string of the molecule is CCO[Si](C)(C)CC(C)Cc1cccs1. The van der Waals surface area contributed by atoms with Gasteiger partial charge in [-0.15, -0.1) is 11.3 Å². The van der Waals surface area contributed by atoms with Crippen molar-refractivity contribution in [1.29, 1.82) is 0 Å². The van der Waals surface area contributed by atoms with Crippen molar-refractivity contribution in [3.05, 3.63) is 22.4 Å². The van der Waals surface area contributed by atoms with Gasteiger partial charge in [-0.2, -0.15) is 0 Å². The van der Waals surface area contributed by atoms with E-state index in [1.165, 1.54) is 17.3 Å². The van der Waals surface area contributed by atoms with Gasteiger partial charge in [0.05, 0.1) is 0 Å². The molecular weight excluding hydrogens is 220 g/mol. The Balaban J connectivity index is 2.38. The molecule has 0 spiro atoms. The molecule has 0 aliphatic rings. The van der Waals surface area contributed by atoms with Gasteiger partial charge in [0.15, 0.2) is 8.32 Å². The maximum atomic E-state index is 5.86. The van der Waals surface area contributed by atoms with Crippen LogP contribution < -0.4 is 0 Å². The first-order chi connectivity index (χ1) is 7.03. The van der Waals surface area contributed by atoms with Gasteiger partial charge in [0.1, 0.15) is 0 Å². The van der Waals surface area contributed by atoms with Crippen molar-refractivity contribution in [2.45, 2.75) is 39.4 Å². The monoisotopic (exact) mass is 242 g/mol. The summed E-state index contributed by atoms with van der Waals surface area (Å²) in [5.41, 5.74) is 0. The summed E-state index contributed by atoms with van der Waals surface area (Å²) < 4.78 is 5.86. The molecule has 3 heteroatoms. The van der Waals surface area contributed by atoms with Crippen LogP contribution in [-0.2, 0) is 10.8 Å². The summed E-state index contributed by atoms with van der Waals surface area (Å²) in [6.45, 7) is 9.94. The van der Waals surface area contributed by atoms with E-state index in [9.17, 15) is 0 Å². The lowest BCUT2D eigenvalue weighted by molar-refractivity contribution is 0.323. The number of rotatable bonds is 6. The Labute approximate surface area is 98.6 Å². The second kappa shape index (κ2) is 5.82. The Morgan fingerprint density at radius 1 is 1.47 bits per heavy atom. The van der Waals surface area contributed by atoms with E-state index in [0.717, 1.165) is 12.5 Å². The molecule has 86 valence electrons. The summed E-state index contributed by atoms with van der Waals surface area (Å²) in [5.74, 6) is 0.747. The molecule has 1 atom stereocenters. The Kier molecular flexibility index (Phi) is 5.03. The summed E-state index contributed by atoms with van der Waals surface area (Å²) in [5, 5.41) is 2.16. The van der Waals surface area contributed by atoms with Crippen LogP contribution in [-0.4, -0.2) is 14.9 Å². The lowest BCUT2D eigenvalue weighted by Crippen LogP contribution is -2.32.